The lowest BCUT2D eigenvalue weighted by Crippen LogP contribution is -2.34. The molecule has 3 fully saturated rings. The monoisotopic (exact) mass is 274 g/mol. The minimum atomic E-state index is 0.276. The Bertz CT molecular complexity index is 445. The van der Waals surface area contributed by atoms with E-state index in [4.69, 9.17) is 5.73 Å². The molecule has 3 saturated carbocycles. The lowest BCUT2D eigenvalue weighted by molar-refractivity contribution is 0.352. The summed E-state index contributed by atoms with van der Waals surface area (Å²) >= 11 is 0. The van der Waals surface area contributed by atoms with Gasteiger partial charge in [0.05, 0.1) is 18.1 Å². The molecule has 1 atom stereocenters. The third kappa shape index (κ3) is 2.63. The quantitative estimate of drug-likeness (QED) is 0.764. The molecule has 4 nitrogen and oxygen atoms in total. The molecule has 4 heteroatoms. The van der Waals surface area contributed by atoms with Crippen LogP contribution in [0.15, 0.2) is 12.5 Å². The predicted octanol–water partition coefficient (Wildman–Crippen LogP) is 2.24. The Kier molecular flexibility index (Phi) is 3.31. The standard InChI is InChI=1S/C16H26N4/c17-7-15(16-9-18-10-20(16)13-5-6-13)19-8-14(11-1-2-11)12-3-4-12/h9-15,19H,1-8,17H2. The predicted molar refractivity (Wildman–Crippen MR) is 79.2 cm³/mol. The maximum atomic E-state index is 6.02. The average Bonchev–Trinajstić information content (AvgIpc) is 3.33. The number of nitrogens with two attached hydrogens (primary N) is 1. The van der Waals surface area contributed by atoms with Crippen LogP contribution in [0, 0.1) is 17.8 Å². The van der Waals surface area contributed by atoms with Crippen LogP contribution < -0.4 is 11.1 Å². The zero-order chi connectivity index (χ0) is 13.5. The number of hydrogen-bond acceptors (Lipinski definition) is 3. The summed E-state index contributed by atoms with van der Waals surface area (Å²) < 4.78 is 2.34. The molecule has 3 N–H and O–H groups in total. The summed E-state index contributed by atoms with van der Waals surface area (Å²) in [6.07, 6.45) is 12.4. The van der Waals surface area contributed by atoms with Gasteiger partial charge in [0.1, 0.15) is 0 Å². The van der Waals surface area contributed by atoms with Crippen LogP contribution in [0.4, 0.5) is 0 Å². The molecule has 3 aliphatic rings. The molecule has 20 heavy (non-hydrogen) atoms. The zero-order valence-electron chi connectivity index (χ0n) is 12.2. The number of rotatable bonds is 8. The third-order valence-corrected chi connectivity index (χ3v) is 5.28. The molecule has 1 unspecified atom stereocenters. The van der Waals surface area contributed by atoms with Crippen LogP contribution >= 0.6 is 0 Å². The fraction of sp³-hybridized carbons (Fsp3) is 0.812. The summed E-state index contributed by atoms with van der Waals surface area (Å²) in [5.74, 6) is 2.91. The van der Waals surface area contributed by atoms with E-state index in [1.807, 2.05) is 12.5 Å². The highest BCUT2D eigenvalue weighted by atomic mass is 15.1. The van der Waals surface area contributed by atoms with Crippen molar-refractivity contribution in [2.24, 2.45) is 23.5 Å². The summed E-state index contributed by atoms with van der Waals surface area (Å²) in [6, 6.07) is 0.962. The van der Waals surface area contributed by atoms with Gasteiger partial charge in [-0.3, -0.25) is 0 Å². The molecule has 0 saturated heterocycles. The molecule has 0 spiro atoms. The van der Waals surface area contributed by atoms with Crippen molar-refractivity contribution in [3.05, 3.63) is 18.2 Å². The molecule has 3 aliphatic carbocycles. The van der Waals surface area contributed by atoms with Gasteiger partial charge in [-0.2, -0.15) is 0 Å². The molecular formula is C16H26N4. The largest absolute Gasteiger partial charge is 0.330 e. The molecule has 0 bridgehead atoms. The van der Waals surface area contributed by atoms with Gasteiger partial charge in [-0.25, -0.2) is 4.98 Å². The van der Waals surface area contributed by atoms with Gasteiger partial charge in [0.25, 0.3) is 0 Å². The smallest absolute Gasteiger partial charge is 0.0951 e. The maximum Gasteiger partial charge on any atom is 0.0951 e. The van der Waals surface area contributed by atoms with Crippen molar-refractivity contribution < 1.29 is 0 Å². The van der Waals surface area contributed by atoms with Gasteiger partial charge in [0, 0.05) is 18.8 Å². The Morgan fingerprint density at radius 1 is 1.20 bits per heavy atom. The summed E-state index contributed by atoms with van der Waals surface area (Å²) in [5.41, 5.74) is 7.31. The van der Waals surface area contributed by atoms with E-state index in [0.29, 0.717) is 12.6 Å². The summed E-state index contributed by atoms with van der Waals surface area (Å²) in [4.78, 5) is 4.34. The van der Waals surface area contributed by atoms with E-state index < -0.39 is 0 Å². The van der Waals surface area contributed by atoms with E-state index in [0.717, 1.165) is 24.3 Å². The molecule has 1 heterocycles. The summed E-state index contributed by atoms with van der Waals surface area (Å²) in [5, 5.41) is 3.75. The maximum absolute atomic E-state index is 6.02. The molecule has 110 valence electrons. The number of nitrogens with zero attached hydrogens (tertiary/aromatic N) is 2. The first-order valence-corrected chi connectivity index (χ1v) is 8.32. The minimum Gasteiger partial charge on any atom is -0.330 e. The third-order valence-electron chi connectivity index (χ3n) is 5.28. The fourth-order valence-electron chi connectivity index (χ4n) is 3.60. The van der Waals surface area contributed by atoms with E-state index in [-0.39, 0.29) is 6.04 Å². The second-order valence-corrected chi connectivity index (χ2v) is 6.99. The number of nitrogens with one attached hydrogen (secondary N) is 1. The van der Waals surface area contributed by atoms with Crippen molar-refractivity contribution in [3.8, 4) is 0 Å². The Labute approximate surface area is 121 Å². The van der Waals surface area contributed by atoms with E-state index in [9.17, 15) is 0 Å². The highest BCUT2D eigenvalue weighted by Crippen LogP contribution is 2.49. The van der Waals surface area contributed by atoms with Crippen molar-refractivity contribution in [1.82, 2.24) is 14.9 Å². The molecule has 0 aliphatic heterocycles. The molecule has 1 aromatic heterocycles. The molecule has 1 aromatic rings. The molecule has 4 rings (SSSR count). The van der Waals surface area contributed by atoms with Crippen molar-refractivity contribution in [2.45, 2.75) is 50.6 Å². The van der Waals surface area contributed by atoms with Gasteiger partial charge in [-0.1, -0.05) is 0 Å². The first-order valence-electron chi connectivity index (χ1n) is 8.32. The van der Waals surface area contributed by atoms with E-state index in [1.54, 1.807) is 0 Å². The van der Waals surface area contributed by atoms with Crippen LogP contribution in [-0.4, -0.2) is 22.6 Å². The van der Waals surface area contributed by atoms with Crippen molar-refractivity contribution in [2.75, 3.05) is 13.1 Å². The topological polar surface area (TPSA) is 55.9 Å². The number of hydrogen-bond donors (Lipinski definition) is 2. The van der Waals surface area contributed by atoms with Gasteiger partial charge in [0.15, 0.2) is 0 Å². The molecule has 0 radical (unpaired) electrons. The fourth-order valence-corrected chi connectivity index (χ4v) is 3.60. The number of imidazole rings is 1. The van der Waals surface area contributed by atoms with Crippen LogP contribution in [0.5, 0.6) is 0 Å². The number of aromatic nitrogens is 2. The second-order valence-electron chi connectivity index (χ2n) is 6.99. The molecular weight excluding hydrogens is 248 g/mol. The SMILES string of the molecule is NCC(NCC(C1CC1)C1CC1)c1cncn1C1CC1. The van der Waals surface area contributed by atoms with Gasteiger partial charge in [0.2, 0.25) is 0 Å². The molecule has 0 aromatic carbocycles. The summed E-state index contributed by atoms with van der Waals surface area (Å²) in [7, 11) is 0. The first kappa shape index (κ1) is 12.8. The Morgan fingerprint density at radius 3 is 2.45 bits per heavy atom. The van der Waals surface area contributed by atoms with Crippen molar-refractivity contribution >= 4 is 0 Å². The van der Waals surface area contributed by atoms with Crippen LogP contribution in [0.3, 0.4) is 0 Å². The second kappa shape index (κ2) is 5.15. The minimum absolute atomic E-state index is 0.276. The normalized spacial score (nSPS) is 24.3. The van der Waals surface area contributed by atoms with E-state index in [2.05, 4.69) is 14.9 Å². The first-order chi connectivity index (χ1) is 9.86. The van der Waals surface area contributed by atoms with Crippen LogP contribution in [0.2, 0.25) is 0 Å². The van der Waals surface area contributed by atoms with E-state index >= 15 is 0 Å². The van der Waals surface area contributed by atoms with Crippen LogP contribution in [0.25, 0.3) is 0 Å². The highest BCUT2D eigenvalue weighted by molar-refractivity contribution is 5.10. The van der Waals surface area contributed by atoms with Gasteiger partial charge in [-0.05, 0) is 62.8 Å². The summed E-state index contributed by atoms with van der Waals surface area (Å²) in [6.45, 7) is 1.81. The molecule has 0 amide bonds. The average molecular weight is 274 g/mol. The Morgan fingerprint density at radius 2 is 1.90 bits per heavy atom. The lowest BCUT2D eigenvalue weighted by atomic mass is 9.97. The van der Waals surface area contributed by atoms with Gasteiger partial charge < -0.3 is 15.6 Å². The van der Waals surface area contributed by atoms with Crippen LogP contribution in [-0.2, 0) is 0 Å². The van der Waals surface area contributed by atoms with Crippen molar-refractivity contribution in [3.63, 3.8) is 0 Å². The van der Waals surface area contributed by atoms with Crippen LogP contribution in [0.1, 0.15) is 56.3 Å². The zero-order valence-corrected chi connectivity index (χ0v) is 12.2. The Hall–Kier alpha value is -0.870. The van der Waals surface area contributed by atoms with Gasteiger partial charge >= 0.3 is 0 Å². The van der Waals surface area contributed by atoms with Gasteiger partial charge in [-0.15, -0.1) is 0 Å². The van der Waals surface area contributed by atoms with E-state index in [1.165, 1.54) is 44.2 Å². The van der Waals surface area contributed by atoms with Crippen molar-refractivity contribution in [1.29, 1.82) is 0 Å². The lowest BCUT2D eigenvalue weighted by Gasteiger charge is -2.23. The Balaban J connectivity index is 1.40. The highest BCUT2D eigenvalue weighted by Gasteiger charge is 2.41.